The number of rotatable bonds is 5. The van der Waals surface area contributed by atoms with Crippen LogP contribution in [0, 0.1) is 0 Å². The third-order valence-electron chi connectivity index (χ3n) is 2.87. The molecule has 4 heteroatoms. The summed E-state index contributed by atoms with van der Waals surface area (Å²) in [6.07, 6.45) is 1.09. The van der Waals surface area contributed by atoms with Gasteiger partial charge in [-0.05, 0) is 38.5 Å². The minimum atomic E-state index is -1.01. The fourth-order valence-corrected chi connectivity index (χ4v) is 1.90. The minimum Gasteiger partial charge on any atom is -0.507 e. The number of carbonyl (C=O) groups is 1. The summed E-state index contributed by atoms with van der Waals surface area (Å²) in [6, 6.07) is 5.31. The number of allylic oxidation sites excluding steroid dienone is 1. The molecule has 1 rings (SSSR count). The molecule has 0 aliphatic carbocycles. The van der Waals surface area contributed by atoms with Crippen molar-refractivity contribution in [1.29, 1.82) is 0 Å². The second-order valence-electron chi connectivity index (χ2n) is 4.04. The number of hydrogen-bond acceptors (Lipinski definition) is 3. The van der Waals surface area contributed by atoms with E-state index in [-0.39, 0.29) is 5.75 Å². The first-order chi connectivity index (χ1) is 8.49. The van der Waals surface area contributed by atoms with Crippen LogP contribution >= 0.6 is 0 Å². The highest BCUT2D eigenvalue weighted by molar-refractivity contribution is 5.90. The van der Waals surface area contributed by atoms with E-state index in [1.807, 2.05) is 19.9 Å². The fourth-order valence-electron chi connectivity index (χ4n) is 1.90. The van der Waals surface area contributed by atoms with Crippen LogP contribution in [0.3, 0.4) is 0 Å². The molecule has 0 unspecified atom stereocenters. The number of carboxylic acids is 1. The summed E-state index contributed by atoms with van der Waals surface area (Å²) >= 11 is 0. The normalized spacial score (nSPS) is 11.4. The van der Waals surface area contributed by atoms with Gasteiger partial charge in [0.25, 0.3) is 0 Å². The standard InChI is InChI=1S/C14H19NO3/c1-4-15(5-2)11-6-7-12(13(16)9-11)10(3)8-14(17)18/h6-9,16H,4-5H2,1-3H3,(H,17,18)/b10-8+. The molecule has 0 aliphatic heterocycles. The van der Waals surface area contributed by atoms with Crippen LogP contribution < -0.4 is 4.90 Å². The van der Waals surface area contributed by atoms with Crippen molar-refractivity contribution in [2.24, 2.45) is 0 Å². The lowest BCUT2D eigenvalue weighted by molar-refractivity contribution is -0.131. The maximum Gasteiger partial charge on any atom is 0.328 e. The number of carboxylic acid groups (broad SMARTS) is 1. The Morgan fingerprint density at radius 1 is 1.33 bits per heavy atom. The van der Waals surface area contributed by atoms with E-state index in [1.165, 1.54) is 0 Å². The smallest absolute Gasteiger partial charge is 0.328 e. The molecule has 0 heterocycles. The van der Waals surface area contributed by atoms with Gasteiger partial charge < -0.3 is 15.1 Å². The van der Waals surface area contributed by atoms with Crippen molar-refractivity contribution >= 4 is 17.2 Å². The average Bonchev–Trinajstić information content (AvgIpc) is 2.29. The number of anilines is 1. The van der Waals surface area contributed by atoms with Crippen molar-refractivity contribution in [2.45, 2.75) is 20.8 Å². The number of phenols is 1. The molecule has 1 aromatic rings. The maximum atomic E-state index is 10.6. The van der Waals surface area contributed by atoms with E-state index in [1.54, 1.807) is 19.1 Å². The first-order valence-corrected chi connectivity index (χ1v) is 5.99. The van der Waals surface area contributed by atoms with Gasteiger partial charge in [0.2, 0.25) is 0 Å². The Kier molecular flexibility index (Phi) is 4.77. The summed E-state index contributed by atoms with van der Waals surface area (Å²) < 4.78 is 0. The van der Waals surface area contributed by atoms with E-state index in [4.69, 9.17) is 5.11 Å². The average molecular weight is 249 g/mol. The Morgan fingerprint density at radius 3 is 2.39 bits per heavy atom. The number of aromatic hydroxyl groups is 1. The third kappa shape index (κ3) is 3.26. The van der Waals surface area contributed by atoms with Gasteiger partial charge in [0.1, 0.15) is 5.75 Å². The van der Waals surface area contributed by atoms with Gasteiger partial charge in [0, 0.05) is 36.5 Å². The van der Waals surface area contributed by atoms with Crippen molar-refractivity contribution in [3.63, 3.8) is 0 Å². The molecule has 0 atom stereocenters. The highest BCUT2D eigenvalue weighted by Gasteiger charge is 2.08. The van der Waals surface area contributed by atoms with Crippen LogP contribution in [-0.2, 0) is 4.79 Å². The molecule has 0 aromatic heterocycles. The number of benzene rings is 1. The number of phenolic OH excluding ortho intramolecular Hbond substituents is 1. The van der Waals surface area contributed by atoms with Gasteiger partial charge in [-0.25, -0.2) is 4.79 Å². The molecule has 0 radical (unpaired) electrons. The predicted octanol–water partition coefficient (Wildman–Crippen LogP) is 2.73. The lowest BCUT2D eigenvalue weighted by Gasteiger charge is -2.21. The Morgan fingerprint density at radius 2 is 1.94 bits per heavy atom. The van der Waals surface area contributed by atoms with Crippen LogP contribution in [-0.4, -0.2) is 29.3 Å². The van der Waals surface area contributed by atoms with Gasteiger partial charge in [-0.3, -0.25) is 0 Å². The van der Waals surface area contributed by atoms with Gasteiger partial charge in [-0.15, -0.1) is 0 Å². The largest absolute Gasteiger partial charge is 0.507 e. The molecule has 0 aliphatic rings. The zero-order valence-corrected chi connectivity index (χ0v) is 11.0. The number of nitrogens with zero attached hydrogens (tertiary/aromatic N) is 1. The third-order valence-corrected chi connectivity index (χ3v) is 2.87. The molecule has 0 saturated heterocycles. The molecular weight excluding hydrogens is 230 g/mol. The van der Waals surface area contributed by atoms with E-state index >= 15 is 0 Å². The lowest BCUT2D eigenvalue weighted by Crippen LogP contribution is -2.21. The first-order valence-electron chi connectivity index (χ1n) is 5.99. The van der Waals surface area contributed by atoms with E-state index < -0.39 is 5.97 Å². The molecule has 0 fully saturated rings. The zero-order chi connectivity index (χ0) is 13.7. The molecule has 0 amide bonds. The maximum absolute atomic E-state index is 10.6. The predicted molar refractivity (Wildman–Crippen MR) is 73.0 cm³/mol. The summed E-state index contributed by atoms with van der Waals surface area (Å²) in [6.45, 7) is 7.48. The van der Waals surface area contributed by atoms with Gasteiger partial charge in [0.15, 0.2) is 0 Å². The fraction of sp³-hybridized carbons (Fsp3) is 0.357. The molecule has 98 valence electrons. The van der Waals surface area contributed by atoms with Gasteiger partial charge >= 0.3 is 5.97 Å². The van der Waals surface area contributed by atoms with Crippen LogP contribution in [0.4, 0.5) is 5.69 Å². The summed E-state index contributed by atoms with van der Waals surface area (Å²) in [5, 5.41) is 18.6. The summed E-state index contributed by atoms with van der Waals surface area (Å²) in [5.41, 5.74) is 2.02. The van der Waals surface area contributed by atoms with Crippen LogP contribution in [0.25, 0.3) is 5.57 Å². The first kappa shape index (κ1) is 14.1. The number of aliphatic carboxylic acids is 1. The molecule has 0 spiro atoms. The van der Waals surface area contributed by atoms with Crippen molar-refractivity contribution in [1.82, 2.24) is 0 Å². The summed E-state index contributed by atoms with van der Waals surface area (Å²) in [7, 11) is 0. The Bertz CT molecular complexity index is 462. The minimum absolute atomic E-state index is 0.106. The van der Waals surface area contributed by atoms with Crippen molar-refractivity contribution < 1.29 is 15.0 Å². The zero-order valence-electron chi connectivity index (χ0n) is 11.0. The highest BCUT2D eigenvalue weighted by atomic mass is 16.4. The van der Waals surface area contributed by atoms with Crippen molar-refractivity contribution in [2.75, 3.05) is 18.0 Å². The second kappa shape index (κ2) is 6.10. The highest BCUT2D eigenvalue weighted by Crippen LogP contribution is 2.29. The molecule has 1 aromatic carbocycles. The molecule has 4 nitrogen and oxygen atoms in total. The van der Waals surface area contributed by atoms with Gasteiger partial charge in [0.05, 0.1) is 0 Å². The van der Waals surface area contributed by atoms with Crippen LogP contribution in [0.15, 0.2) is 24.3 Å². The topological polar surface area (TPSA) is 60.8 Å². The molecule has 0 saturated carbocycles. The van der Waals surface area contributed by atoms with E-state index in [9.17, 15) is 9.90 Å². The number of hydrogen-bond donors (Lipinski definition) is 2. The van der Waals surface area contributed by atoms with Crippen LogP contribution in [0.5, 0.6) is 5.75 Å². The van der Waals surface area contributed by atoms with Gasteiger partial charge in [-0.2, -0.15) is 0 Å². The monoisotopic (exact) mass is 249 g/mol. The Balaban J connectivity index is 3.10. The van der Waals surface area contributed by atoms with Crippen LogP contribution in [0.2, 0.25) is 0 Å². The summed E-state index contributed by atoms with van der Waals surface area (Å²) in [5.74, 6) is -0.908. The second-order valence-corrected chi connectivity index (χ2v) is 4.04. The van der Waals surface area contributed by atoms with Gasteiger partial charge in [-0.1, -0.05) is 0 Å². The van der Waals surface area contributed by atoms with E-state index in [2.05, 4.69) is 4.90 Å². The van der Waals surface area contributed by atoms with Crippen LogP contribution in [0.1, 0.15) is 26.3 Å². The van der Waals surface area contributed by atoms with Crippen molar-refractivity contribution in [3.05, 3.63) is 29.8 Å². The summed E-state index contributed by atoms with van der Waals surface area (Å²) in [4.78, 5) is 12.7. The SMILES string of the molecule is CCN(CC)c1ccc(/C(C)=C/C(=O)O)c(O)c1. The van der Waals surface area contributed by atoms with E-state index in [0.29, 0.717) is 11.1 Å². The molecule has 2 N–H and O–H groups in total. The Hall–Kier alpha value is -1.97. The lowest BCUT2D eigenvalue weighted by atomic mass is 10.0. The molecule has 0 bridgehead atoms. The Labute approximate surface area is 107 Å². The molecular formula is C14H19NO3. The van der Waals surface area contributed by atoms with Crippen molar-refractivity contribution in [3.8, 4) is 5.75 Å². The molecule has 18 heavy (non-hydrogen) atoms. The van der Waals surface area contributed by atoms with E-state index in [0.717, 1.165) is 24.9 Å². The quantitative estimate of drug-likeness (QED) is 0.788.